The van der Waals surface area contributed by atoms with Gasteiger partial charge in [-0.2, -0.15) is 0 Å². The Hall–Kier alpha value is -2.63. The van der Waals surface area contributed by atoms with E-state index in [1.54, 1.807) is 7.11 Å². The summed E-state index contributed by atoms with van der Waals surface area (Å²) in [5.41, 5.74) is 7.99. The molecule has 0 radical (unpaired) electrons. The minimum Gasteiger partial charge on any atom is -0.497 e. The molecule has 1 aliphatic carbocycles. The molecule has 6 heteroatoms. The molecule has 2 aromatic carbocycles. The lowest BCUT2D eigenvalue weighted by Gasteiger charge is -2.27. The van der Waals surface area contributed by atoms with E-state index in [0.29, 0.717) is 17.9 Å². The van der Waals surface area contributed by atoms with E-state index < -0.39 is 0 Å². The number of rotatable bonds is 5. The third-order valence-electron chi connectivity index (χ3n) is 5.33. The molecule has 3 N–H and O–H groups in total. The number of aromatic nitrogens is 2. The molecule has 4 rings (SSSR count). The highest BCUT2D eigenvalue weighted by Crippen LogP contribution is 2.28. The fourth-order valence-corrected chi connectivity index (χ4v) is 3.76. The normalized spacial score (nSPS) is 19.6. The van der Waals surface area contributed by atoms with Crippen molar-refractivity contribution in [1.29, 1.82) is 0 Å². The Labute approximate surface area is 176 Å². The smallest absolute Gasteiger partial charge is 0.154 e. The maximum Gasteiger partial charge on any atom is 0.154 e. The molecule has 0 spiro atoms. The van der Waals surface area contributed by atoms with Crippen LogP contribution in [0.2, 0.25) is 5.02 Å². The lowest BCUT2D eigenvalue weighted by Crippen LogP contribution is -2.33. The van der Waals surface area contributed by atoms with Crippen LogP contribution in [0.25, 0.3) is 23.1 Å². The van der Waals surface area contributed by atoms with E-state index in [2.05, 4.69) is 5.32 Å². The number of methoxy groups -OCH3 is 1. The summed E-state index contributed by atoms with van der Waals surface area (Å²) >= 11 is 5.97. The van der Waals surface area contributed by atoms with Gasteiger partial charge in [0.1, 0.15) is 11.6 Å². The summed E-state index contributed by atoms with van der Waals surface area (Å²) in [6.45, 7) is 0. The number of fused-ring (bicyclic) bond motifs is 1. The van der Waals surface area contributed by atoms with Gasteiger partial charge in [0, 0.05) is 22.5 Å². The van der Waals surface area contributed by atoms with Gasteiger partial charge in [-0.15, -0.1) is 0 Å². The van der Waals surface area contributed by atoms with Gasteiger partial charge < -0.3 is 15.8 Å². The number of hydrogen-bond donors (Lipinski definition) is 2. The van der Waals surface area contributed by atoms with Gasteiger partial charge in [-0.25, -0.2) is 9.97 Å². The molecule has 1 aromatic heterocycles. The molecule has 3 aromatic rings. The van der Waals surface area contributed by atoms with Crippen LogP contribution in [0.1, 0.15) is 37.1 Å². The van der Waals surface area contributed by atoms with Crippen molar-refractivity contribution in [3.8, 4) is 5.75 Å². The van der Waals surface area contributed by atoms with E-state index in [9.17, 15) is 0 Å². The quantitative estimate of drug-likeness (QED) is 0.611. The van der Waals surface area contributed by atoms with Crippen molar-refractivity contribution in [3.63, 3.8) is 0 Å². The largest absolute Gasteiger partial charge is 0.497 e. The number of nitrogens with zero attached hydrogens (tertiary/aromatic N) is 2. The zero-order valence-electron chi connectivity index (χ0n) is 16.4. The van der Waals surface area contributed by atoms with E-state index in [1.165, 1.54) is 0 Å². The molecular formula is C23H25ClN4O. The molecule has 29 heavy (non-hydrogen) atoms. The van der Waals surface area contributed by atoms with Crippen molar-refractivity contribution in [2.45, 2.75) is 37.8 Å². The van der Waals surface area contributed by atoms with Gasteiger partial charge in [-0.05, 0) is 67.7 Å². The molecule has 0 atom stereocenters. The fraction of sp³-hybridized carbons (Fsp3) is 0.304. The van der Waals surface area contributed by atoms with Crippen LogP contribution in [-0.2, 0) is 0 Å². The van der Waals surface area contributed by atoms with Crippen LogP contribution in [0.15, 0.2) is 42.5 Å². The minimum atomic E-state index is 0.313. The van der Waals surface area contributed by atoms with Crippen molar-refractivity contribution >= 4 is 40.5 Å². The number of ether oxygens (including phenoxy) is 1. The van der Waals surface area contributed by atoms with Gasteiger partial charge in [0.25, 0.3) is 0 Å². The number of anilines is 1. The molecule has 1 fully saturated rings. The van der Waals surface area contributed by atoms with E-state index >= 15 is 0 Å². The second kappa shape index (κ2) is 8.80. The first kappa shape index (κ1) is 19.7. The summed E-state index contributed by atoms with van der Waals surface area (Å²) in [5.74, 6) is 2.29. The Morgan fingerprint density at radius 1 is 1.03 bits per heavy atom. The maximum atomic E-state index is 6.06. The van der Waals surface area contributed by atoms with Crippen LogP contribution >= 0.6 is 11.6 Å². The van der Waals surface area contributed by atoms with Gasteiger partial charge in [0.2, 0.25) is 0 Å². The van der Waals surface area contributed by atoms with E-state index in [1.807, 2.05) is 54.6 Å². The summed E-state index contributed by atoms with van der Waals surface area (Å²) in [5, 5.41) is 5.31. The van der Waals surface area contributed by atoms with Gasteiger partial charge >= 0.3 is 0 Å². The zero-order chi connectivity index (χ0) is 20.2. The molecule has 0 aliphatic heterocycles. The number of nitrogens with two attached hydrogens (primary N) is 1. The van der Waals surface area contributed by atoms with Gasteiger partial charge in [-0.1, -0.05) is 29.8 Å². The minimum absolute atomic E-state index is 0.313. The first-order valence-corrected chi connectivity index (χ1v) is 10.3. The van der Waals surface area contributed by atoms with Gasteiger partial charge in [0.05, 0.1) is 12.6 Å². The SMILES string of the molecule is COc1ccc2nc(/C=C\c3ccc(Cl)cc3)nc(NC3CCC(N)CC3)c2c1. The molecule has 0 saturated heterocycles. The molecule has 150 valence electrons. The van der Waals surface area contributed by atoms with Crippen LogP contribution in [0.4, 0.5) is 5.82 Å². The Balaban J connectivity index is 1.67. The molecule has 0 amide bonds. The highest BCUT2D eigenvalue weighted by Gasteiger charge is 2.20. The average Bonchev–Trinajstić information content (AvgIpc) is 2.74. The van der Waals surface area contributed by atoms with Crippen molar-refractivity contribution < 1.29 is 4.74 Å². The van der Waals surface area contributed by atoms with Crippen LogP contribution < -0.4 is 15.8 Å². The molecular weight excluding hydrogens is 384 g/mol. The summed E-state index contributed by atoms with van der Waals surface area (Å²) in [6.07, 6.45) is 8.08. The average molecular weight is 409 g/mol. The second-order valence-electron chi connectivity index (χ2n) is 7.45. The Morgan fingerprint density at radius 2 is 1.79 bits per heavy atom. The first-order chi connectivity index (χ1) is 14.1. The number of benzene rings is 2. The zero-order valence-corrected chi connectivity index (χ0v) is 17.2. The molecule has 1 saturated carbocycles. The Bertz CT molecular complexity index is 1010. The lowest BCUT2D eigenvalue weighted by molar-refractivity contribution is 0.410. The van der Waals surface area contributed by atoms with E-state index in [4.69, 9.17) is 32.0 Å². The topological polar surface area (TPSA) is 73.1 Å². The van der Waals surface area contributed by atoms with E-state index in [0.717, 1.165) is 58.7 Å². The van der Waals surface area contributed by atoms with Crippen LogP contribution in [0, 0.1) is 0 Å². The van der Waals surface area contributed by atoms with Crippen molar-refractivity contribution in [3.05, 3.63) is 58.9 Å². The molecule has 0 unspecified atom stereocenters. The van der Waals surface area contributed by atoms with Crippen LogP contribution in [-0.4, -0.2) is 29.2 Å². The number of halogens is 1. The summed E-state index contributed by atoms with van der Waals surface area (Å²) in [4.78, 5) is 9.51. The van der Waals surface area contributed by atoms with Gasteiger partial charge in [0.15, 0.2) is 5.82 Å². The Kier molecular flexibility index (Phi) is 5.97. The molecule has 5 nitrogen and oxygen atoms in total. The van der Waals surface area contributed by atoms with Gasteiger partial charge in [-0.3, -0.25) is 0 Å². The molecule has 1 heterocycles. The highest BCUT2D eigenvalue weighted by molar-refractivity contribution is 6.30. The second-order valence-corrected chi connectivity index (χ2v) is 7.89. The number of nitrogens with one attached hydrogen (secondary N) is 1. The third-order valence-corrected chi connectivity index (χ3v) is 5.58. The lowest BCUT2D eigenvalue weighted by atomic mass is 9.92. The predicted molar refractivity (Wildman–Crippen MR) is 120 cm³/mol. The summed E-state index contributed by atoms with van der Waals surface area (Å²) in [7, 11) is 1.67. The predicted octanol–water partition coefficient (Wildman–Crippen LogP) is 5.14. The highest BCUT2D eigenvalue weighted by atomic mass is 35.5. The first-order valence-electron chi connectivity index (χ1n) is 9.92. The van der Waals surface area contributed by atoms with Crippen molar-refractivity contribution in [2.24, 2.45) is 5.73 Å². The van der Waals surface area contributed by atoms with E-state index in [-0.39, 0.29) is 0 Å². The maximum absolute atomic E-state index is 6.06. The molecule has 1 aliphatic rings. The third kappa shape index (κ3) is 4.86. The van der Waals surface area contributed by atoms with Crippen LogP contribution in [0.3, 0.4) is 0 Å². The number of hydrogen-bond acceptors (Lipinski definition) is 5. The Morgan fingerprint density at radius 3 is 2.52 bits per heavy atom. The summed E-state index contributed by atoms with van der Waals surface area (Å²) < 4.78 is 5.40. The molecule has 0 bridgehead atoms. The van der Waals surface area contributed by atoms with Crippen molar-refractivity contribution in [1.82, 2.24) is 9.97 Å². The fourth-order valence-electron chi connectivity index (χ4n) is 3.64. The van der Waals surface area contributed by atoms with Crippen LogP contribution in [0.5, 0.6) is 5.75 Å². The monoisotopic (exact) mass is 408 g/mol. The van der Waals surface area contributed by atoms with Crippen molar-refractivity contribution in [2.75, 3.05) is 12.4 Å². The summed E-state index contributed by atoms with van der Waals surface area (Å²) in [6, 6.07) is 14.2. The standard InChI is InChI=1S/C23H25ClN4O/c1-29-19-11-12-21-20(14-19)23(26-18-9-7-17(25)8-10-18)28-22(27-21)13-4-15-2-5-16(24)6-3-15/h2-6,11-14,17-18H,7-10,25H2,1H3,(H,26,27,28)/b13-4-.